The summed E-state index contributed by atoms with van der Waals surface area (Å²) in [5.74, 6) is 0.823. The summed E-state index contributed by atoms with van der Waals surface area (Å²) in [5, 5.41) is 0. The fourth-order valence-corrected chi connectivity index (χ4v) is 2.94. The highest BCUT2D eigenvalue weighted by molar-refractivity contribution is 8.13. The third-order valence-corrected chi connectivity index (χ3v) is 3.99. The predicted octanol–water partition coefficient (Wildman–Crippen LogP) is 1.68. The maximum Gasteiger partial charge on any atom is 0.232 e. The highest BCUT2D eigenvalue weighted by atomic mass is 35.7. The molecule has 1 fully saturated rings. The lowest BCUT2D eigenvalue weighted by Crippen LogP contribution is -2.29. The number of hydrogen-bond donors (Lipinski definition) is 0. The summed E-state index contributed by atoms with van der Waals surface area (Å²) in [6.45, 7) is 6.36. The molecule has 0 spiro atoms. The fraction of sp³-hybridized carbons (Fsp3) is 1.00. The summed E-state index contributed by atoms with van der Waals surface area (Å²) >= 11 is 0. The fourth-order valence-electron chi connectivity index (χ4n) is 2.14. The van der Waals surface area contributed by atoms with Crippen LogP contribution in [0.3, 0.4) is 0 Å². The monoisotopic (exact) mass is 239 g/mol. The zero-order valence-corrected chi connectivity index (χ0v) is 10.3. The molecular weight excluding hydrogens is 222 g/mol. The van der Waals surface area contributed by atoms with Gasteiger partial charge in [0.1, 0.15) is 0 Å². The van der Waals surface area contributed by atoms with E-state index in [1.807, 2.05) is 0 Å². The molecule has 2 atom stereocenters. The lowest BCUT2D eigenvalue weighted by Gasteiger charge is -2.20. The third kappa shape index (κ3) is 4.15. The van der Waals surface area contributed by atoms with Gasteiger partial charge in [-0.25, -0.2) is 8.42 Å². The molecule has 1 aliphatic heterocycles. The molecule has 0 bridgehead atoms. The van der Waals surface area contributed by atoms with Crippen LogP contribution in [0.25, 0.3) is 0 Å². The second kappa shape index (κ2) is 4.81. The molecule has 1 rings (SSSR count). The number of rotatable bonds is 4. The first kappa shape index (κ1) is 12.3. The van der Waals surface area contributed by atoms with Crippen molar-refractivity contribution in [2.45, 2.75) is 32.7 Å². The van der Waals surface area contributed by atoms with E-state index in [-0.39, 0.29) is 5.75 Å². The summed E-state index contributed by atoms with van der Waals surface area (Å²) in [4.78, 5) is 2.34. The van der Waals surface area contributed by atoms with Crippen LogP contribution >= 0.6 is 10.7 Å². The summed E-state index contributed by atoms with van der Waals surface area (Å²) in [7, 11) is 1.84. The lowest BCUT2D eigenvalue weighted by molar-refractivity contribution is 0.266. The van der Waals surface area contributed by atoms with Crippen LogP contribution in [0, 0.1) is 5.92 Å². The third-order valence-electron chi connectivity index (χ3n) is 2.75. The predicted molar refractivity (Wildman–Crippen MR) is 59.1 cm³/mol. The second-order valence-electron chi connectivity index (χ2n) is 4.28. The van der Waals surface area contributed by atoms with Gasteiger partial charge >= 0.3 is 0 Å². The van der Waals surface area contributed by atoms with E-state index in [1.54, 1.807) is 0 Å². The lowest BCUT2D eigenvalue weighted by atomic mass is 10.1. The molecule has 0 radical (unpaired) electrons. The Hall–Kier alpha value is 0.200. The van der Waals surface area contributed by atoms with Crippen molar-refractivity contribution in [1.82, 2.24) is 4.90 Å². The van der Waals surface area contributed by atoms with Gasteiger partial charge in [-0.3, -0.25) is 0 Å². The van der Waals surface area contributed by atoms with Gasteiger partial charge in [-0.15, -0.1) is 0 Å². The molecule has 0 aromatic rings. The van der Waals surface area contributed by atoms with E-state index in [1.165, 1.54) is 6.42 Å². The minimum absolute atomic E-state index is 0.0894. The number of halogens is 1. The van der Waals surface area contributed by atoms with Crippen molar-refractivity contribution in [1.29, 1.82) is 0 Å². The van der Waals surface area contributed by atoms with Crippen LogP contribution < -0.4 is 0 Å². The summed E-state index contributed by atoms with van der Waals surface area (Å²) in [6, 6.07) is 0.586. The van der Waals surface area contributed by atoms with Crippen LogP contribution in [0.1, 0.15) is 26.7 Å². The van der Waals surface area contributed by atoms with Crippen LogP contribution in [0.5, 0.6) is 0 Å². The molecule has 0 saturated carbocycles. The Morgan fingerprint density at radius 2 is 2.07 bits per heavy atom. The number of likely N-dealkylation sites (tertiary alicyclic amines) is 1. The van der Waals surface area contributed by atoms with Crippen molar-refractivity contribution < 1.29 is 8.42 Å². The first-order valence-corrected chi connectivity index (χ1v) is 7.52. The van der Waals surface area contributed by atoms with Gasteiger partial charge in [-0.2, -0.15) is 0 Å². The summed E-state index contributed by atoms with van der Waals surface area (Å²) in [6.07, 6.45) is 1.86. The van der Waals surface area contributed by atoms with E-state index >= 15 is 0 Å². The topological polar surface area (TPSA) is 37.4 Å². The molecule has 1 heterocycles. The zero-order valence-electron chi connectivity index (χ0n) is 8.74. The summed E-state index contributed by atoms with van der Waals surface area (Å²) < 4.78 is 21.4. The molecule has 14 heavy (non-hydrogen) atoms. The highest BCUT2D eigenvalue weighted by Gasteiger charge is 2.25. The molecule has 0 aromatic carbocycles. The van der Waals surface area contributed by atoms with Gasteiger partial charge in [0.25, 0.3) is 0 Å². The molecule has 0 N–H and O–H groups in total. The van der Waals surface area contributed by atoms with Crippen molar-refractivity contribution in [3.8, 4) is 0 Å². The molecule has 84 valence electrons. The molecule has 1 saturated heterocycles. The Morgan fingerprint density at radius 1 is 1.43 bits per heavy atom. The molecule has 3 nitrogen and oxygen atoms in total. The molecule has 5 heteroatoms. The smallest absolute Gasteiger partial charge is 0.232 e. The first-order valence-electron chi connectivity index (χ1n) is 5.05. The van der Waals surface area contributed by atoms with Crippen LogP contribution in [-0.4, -0.2) is 38.2 Å². The van der Waals surface area contributed by atoms with Crippen molar-refractivity contribution >= 4 is 19.7 Å². The van der Waals surface area contributed by atoms with Gasteiger partial charge in [-0.1, -0.05) is 6.92 Å². The maximum atomic E-state index is 10.7. The Labute approximate surface area is 90.8 Å². The van der Waals surface area contributed by atoms with Crippen molar-refractivity contribution in [3.63, 3.8) is 0 Å². The highest BCUT2D eigenvalue weighted by Crippen LogP contribution is 2.22. The van der Waals surface area contributed by atoms with Gasteiger partial charge in [0.2, 0.25) is 9.05 Å². The molecule has 1 aliphatic rings. The van der Waals surface area contributed by atoms with Crippen LogP contribution in [0.15, 0.2) is 0 Å². The average Bonchev–Trinajstić information content (AvgIpc) is 2.27. The Morgan fingerprint density at radius 3 is 2.50 bits per heavy atom. The Kier molecular flexibility index (Phi) is 4.22. The van der Waals surface area contributed by atoms with Gasteiger partial charge in [0.05, 0.1) is 5.75 Å². The van der Waals surface area contributed by atoms with E-state index < -0.39 is 9.05 Å². The van der Waals surface area contributed by atoms with E-state index in [4.69, 9.17) is 10.7 Å². The number of hydrogen-bond acceptors (Lipinski definition) is 3. The van der Waals surface area contributed by atoms with Crippen molar-refractivity contribution in [2.24, 2.45) is 5.92 Å². The summed E-state index contributed by atoms with van der Waals surface area (Å²) in [5.41, 5.74) is 0. The standard InChI is InChI=1S/C9H18ClNO2S/c1-8-6-9(2)11(7-8)4-3-5-14(10,12)13/h8-9H,3-7H2,1-2H3. The van der Waals surface area contributed by atoms with Crippen LogP contribution in [0.4, 0.5) is 0 Å². The molecule has 0 aliphatic carbocycles. The SMILES string of the molecule is CC1CC(C)N(CCCS(=O)(=O)Cl)C1. The minimum atomic E-state index is -3.30. The van der Waals surface area contributed by atoms with Gasteiger partial charge in [0.15, 0.2) is 0 Å². The molecular formula is C9H18ClNO2S. The van der Waals surface area contributed by atoms with Gasteiger partial charge in [0, 0.05) is 23.3 Å². The number of nitrogens with zero attached hydrogens (tertiary/aromatic N) is 1. The van der Waals surface area contributed by atoms with Crippen molar-refractivity contribution in [2.75, 3.05) is 18.8 Å². The van der Waals surface area contributed by atoms with Gasteiger partial charge in [-0.05, 0) is 32.2 Å². The Balaban J connectivity index is 2.25. The average molecular weight is 240 g/mol. The zero-order chi connectivity index (χ0) is 10.8. The minimum Gasteiger partial charge on any atom is -0.300 e. The molecule has 0 amide bonds. The molecule has 2 unspecified atom stereocenters. The normalized spacial score (nSPS) is 29.6. The van der Waals surface area contributed by atoms with Crippen molar-refractivity contribution in [3.05, 3.63) is 0 Å². The van der Waals surface area contributed by atoms with E-state index in [0.29, 0.717) is 12.5 Å². The first-order chi connectivity index (χ1) is 6.38. The van der Waals surface area contributed by atoms with E-state index in [9.17, 15) is 8.42 Å². The van der Waals surface area contributed by atoms with Crippen LogP contribution in [0.2, 0.25) is 0 Å². The maximum absolute atomic E-state index is 10.7. The van der Waals surface area contributed by atoms with E-state index in [2.05, 4.69) is 18.7 Å². The quantitative estimate of drug-likeness (QED) is 0.701. The molecule has 0 aromatic heterocycles. The largest absolute Gasteiger partial charge is 0.300 e. The second-order valence-corrected chi connectivity index (χ2v) is 7.18. The van der Waals surface area contributed by atoms with Crippen LogP contribution in [-0.2, 0) is 9.05 Å². The Bertz CT molecular complexity index is 279. The van der Waals surface area contributed by atoms with E-state index in [0.717, 1.165) is 19.0 Å². The van der Waals surface area contributed by atoms with Gasteiger partial charge < -0.3 is 4.90 Å².